The second-order valence-corrected chi connectivity index (χ2v) is 8.02. The highest BCUT2D eigenvalue weighted by Gasteiger charge is 2.48. The van der Waals surface area contributed by atoms with E-state index in [4.69, 9.17) is 10.5 Å². The molecule has 0 radical (unpaired) electrons. The molecule has 1 aromatic heterocycles. The molecule has 3 amide bonds. The number of hydrogen-bond donors (Lipinski definition) is 3. The number of aryl methyl sites for hydroxylation is 1. The first kappa shape index (κ1) is 22.0. The van der Waals surface area contributed by atoms with Crippen LogP contribution in [-0.2, 0) is 17.8 Å². The number of methoxy groups -OCH3 is 1. The maximum Gasteiger partial charge on any atom is 0.325 e. The summed E-state index contributed by atoms with van der Waals surface area (Å²) in [6.07, 6.45) is 0.275. The fraction of sp³-hybridized carbons (Fsp3) is 0.261. The highest BCUT2D eigenvalue weighted by molar-refractivity contribution is 6.06. The lowest BCUT2D eigenvalue weighted by Gasteiger charge is -2.22. The summed E-state index contributed by atoms with van der Waals surface area (Å²) in [5.41, 5.74) is 7.35. The molecule has 0 aliphatic carbocycles. The summed E-state index contributed by atoms with van der Waals surface area (Å²) in [4.78, 5) is 39.6. The van der Waals surface area contributed by atoms with E-state index in [-0.39, 0.29) is 36.6 Å². The minimum Gasteiger partial charge on any atom is -0.496 e. The molecule has 1 atom stereocenters. The molecule has 10 nitrogen and oxygen atoms in total. The zero-order valence-corrected chi connectivity index (χ0v) is 18.6. The molecule has 1 aliphatic rings. The monoisotopic (exact) mass is 447 g/mol. The Morgan fingerprint density at radius 2 is 1.82 bits per heavy atom. The van der Waals surface area contributed by atoms with Crippen LogP contribution in [0.15, 0.2) is 48.5 Å². The largest absolute Gasteiger partial charge is 0.496 e. The van der Waals surface area contributed by atoms with Gasteiger partial charge in [0, 0.05) is 12.1 Å². The number of imide groups is 1. The molecule has 1 fully saturated rings. The quantitative estimate of drug-likeness (QED) is 0.470. The van der Waals surface area contributed by atoms with Crippen LogP contribution in [0.2, 0.25) is 0 Å². The van der Waals surface area contributed by atoms with Gasteiger partial charge in [-0.1, -0.05) is 36.4 Å². The number of nitrogens with one attached hydrogen (secondary N) is 2. The van der Waals surface area contributed by atoms with E-state index in [0.29, 0.717) is 5.75 Å². The summed E-state index contributed by atoms with van der Waals surface area (Å²) in [5.74, 6) is 0.682. The molecule has 0 spiro atoms. The molecule has 2 aromatic carbocycles. The number of nitrogens with zero attached hydrogens (tertiary/aromatic N) is 4. The van der Waals surface area contributed by atoms with E-state index < -0.39 is 11.6 Å². The molecule has 3 aromatic rings. The average molecular weight is 447 g/mol. The highest BCUT2D eigenvalue weighted by atomic mass is 16.5. The first-order valence-corrected chi connectivity index (χ1v) is 10.4. The summed E-state index contributed by atoms with van der Waals surface area (Å²) in [6, 6.07) is 14.5. The van der Waals surface area contributed by atoms with Crippen molar-refractivity contribution in [1.82, 2.24) is 25.2 Å². The van der Waals surface area contributed by atoms with E-state index in [1.165, 1.54) is 0 Å². The molecule has 2 heterocycles. The Hall–Kier alpha value is -4.21. The van der Waals surface area contributed by atoms with E-state index in [9.17, 15) is 9.59 Å². The van der Waals surface area contributed by atoms with E-state index >= 15 is 0 Å². The first-order valence-electron chi connectivity index (χ1n) is 10.4. The third-order valence-electron chi connectivity index (χ3n) is 5.47. The van der Waals surface area contributed by atoms with Crippen LogP contribution < -0.4 is 21.1 Å². The van der Waals surface area contributed by atoms with Gasteiger partial charge < -0.3 is 21.1 Å². The minimum atomic E-state index is -1.13. The van der Waals surface area contributed by atoms with Gasteiger partial charge in [-0.25, -0.2) is 4.79 Å². The lowest BCUT2D eigenvalue weighted by Crippen LogP contribution is -2.46. The van der Waals surface area contributed by atoms with Crippen molar-refractivity contribution >= 4 is 29.5 Å². The minimum absolute atomic E-state index is 0.0140. The predicted octanol–water partition coefficient (Wildman–Crippen LogP) is 2.57. The Morgan fingerprint density at radius 3 is 2.58 bits per heavy atom. The molecule has 4 rings (SSSR count). The summed E-state index contributed by atoms with van der Waals surface area (Å²) in [7, 11) is 1.57. The normalized spacial score (nSPS) is 17.7. The molecule has 0 bridgehead atoms. The van der Waals surface area contributed by atoms with Crippen molar-refractivity contribution in [2.45, 2.75) is 32.4 Å². The van der Waals surface area contributed by atoms with Crippen LogP contribution in [0.3, 0.4) is 0 Å². The standard InChI is InChI=1S/C23H25N7O3/c1-14-8-4-6-10-16(14)25-21-27-18(26-20(24)28-21)13-30-19(31)23(2,29-22(30)32)12-15-9-5-7-11-17(15)33-3/h4-11H,12-13H2,1-3H3,(H,29,32)(H3,24,25,26,27,28). The zero-order chi connectivity index (χ0) is 23.6. The van der Waals surface area contributed by atoms with Crippen LogP contribution in [0.4, 0.5) is 22.4 Å². The van der Waals surface area contributed by atoms with Gasteiger partial charge in [0.15, 0.2) is 5.82 Å². The number of amides is 3. The SMILES string of the molecule is COc1ccccc1CC1(C)NC(=O)N(Cc2nc(N)nc(Nc3ccccc3C)n2)C1=O. The number of rotatable bonds is 7. The van der Waals surface area contributed by atoms with Crippen LogP contribution in [0.25, 0.3) is 0 Å². The lowest BCUT2D eigenvalue weighted by molar-refractivity contribution is -0.131. The van der Waals surface area contributed by atoms with Crippen LogP contribution in [-0.4, -0.2) is 44.4 Å². The number of urea groups is 1. The highest BCUT2D eigenvalue weighted by Crippen LogP contribution is 2.28. The molecule has 4 N–H and O–H groups in total. The number of anilines is 3. The number of hydrogen-bond acceptors (Lipinski definition) is 8. The van der Waals surface area contributed by atoms with E-state index in [0.717, 1.165) is 21.7 Å². The molecule has 1 saturated heterocycles. The van der Waals surface area contributed by atoms with Crippen LogP contribution in [0.1, 0.15) is 23.9 Å². The second kappa shape index (κ2) is 8.73. The van der Waals surface area contributed by atoms with Crippen molar-refractivity contribution in [2.75, 3.05) is 18.2 Å². The van der Waals surface area contributed by atoms with Crippen molar-refractivity contribution in [2.24, 2.45) is 0 Å². The van der Waals surface area contributed by atoms with Crippen molar-refractivity contribution in [3.8, 4) is 5.75 Å². The zero-order valence-electron chi connectivity index (χ0n) is 18.6. The summed E-state index contributed by atoms with van der Waals surface area (Å²) < 4.78 is 5.38. The van der Waals surface area contributed by atoms with Gasteiger partial charge in [-0.15, -0.1) is 0 Å². The number of para-hydroxylation sites is 2. The summed E-state index contributed by atoms with van der Waals surface area (Å²) in [5, 5.41) is 5.89. The molecule has 1 unspecified atom stereocenters. The van der Waals surface area contributed by atoms with Crippen LogP contribution in [0.5, 0.6) is 5.75 Å². The summed E-state index contributed by atoms with van der Waals surface area (Å²) in [6.45, 7) is 3.50. The molecular weight excluding hydrogens is 422 g/mol. The Bertz CT molecular complexity index is 1220. The number of benzene rings is 2. The maximum atomic E-state index is 13.2. The number of carbonyl (C=O) groups is 2. The van der Waals surface area contributed by atoms with Crippen molar-refractivity contribution in [1.29, 1.82) is 0 Å². The molecule has 1 aliphatic heterocycles. The number of ether oxygens (including phenoxy) is 1. The van der Waals surface area contributed by atoms with Gasteiger partial charge in [-0.05, 0) is 37.1 Å². The molecule has 33 heavy (non-hydrogen) atoms. The smallest absolute Gasteiger partial charge is 0.325 e. The van der Waals surface area contributed by atoms with Crippen molar-refractivity contribution < 1.29 is 14.3 Å². The molecule has 10 heteroatoms. The first-order chi connectivity index (χ1) is 15.8. The third-order valence-corrected chi connectivity index (χ3v) is 5.47. The van der Waals surface area contributed by atoms with Gasteiger partial charge in [0.05, 0.1) is 13.7 Å². The van der Waals surface area contributed by atoms with E-state index in [1.807, 2.05) is 55.5 Å². The summed E-state index contributed by atoms with van der Waals surface area (Å²) >= 11 is 0. The Kier molecular flexibility index (Phi) is 5.82. The van der Waals surface area contributed by atoms with Crippen molar-refractivity contribution in [3.63, 3.8) is 0 Å². The van der Waals surface area contributed by atoms with Gasteiger partial charge >= 0.3 is 6.03 Å². The second-order valence-electron chi connectivity index (χ2n) is 8.02. The Morgan fingerprint density at radius 1 is 1.09 bits per heavy atom. The van der Waals surface area contributed by atoms with Gasteiger partial charge in [-0.3, -0.25) is 9.69 Å². The van der Waals surface area contributed by atoms with Gasteiger partial charge in [0.25, 0.3) is 5.91 Å². The van der Waals surface area contributed by atoms with Gasteiger partial charge in [0.2, 0.25) is 11.9 Å². The van der Waals surface area contributed by atoms with E-state index in [2.05, 4.69) is 25.6 Å². The van der Waals surface area contributed by atoms with Crippen LogP contribution in [0, 0.1) is 6.92 Å². The van der Waals surface area contributed by atoms with E-state index in [1.54, 1.807) is 14.0 Å². The predicted molar refractivity (Wildman–Crippen MR) is 123 cm³/mol. The molecule has 0 saturated carbocycles. The average Bonchev–Trinajstić information content (AvgIpc) is 2.98. The topological polar surface area (TPSA) is 135 Å². The Balaban J connectivity index is 1.54. The van der Waals surface area contributed by atoms with Crippen LogP contribution >= 0.6 is 0 Å². The lowest BCUT2D eigenvalue weighted by atomic mass is 9.92. The number of nitrogens with two attached hydrogens (primary N) is 1. The fourth-order valence-electron chi connectivity index (χ4n) is 3.78. The molecular formula is C23H25N7O3. The molecule has 170 valence electrons. The third kappa shape index (κ3) is 4.54. The number of aromatic nitrogens is 3. The van der Waals surface area contributed by atoms with Crippen molar-refractivity contribution in [3.05, 3.63) is 65.5 Å². The Labute approximate surface area is 191 Å². The fourth-order valence-corrected chi connectivity index (χ4v) is 3.78. The van der Waals surface area contributed by atoms with Gasteiger partial charge in [-0.2, -0.15) is 15.0 Å². The number of carbonyl (C=O) groups excluding carboxylic acids is 2. The van der Waals surface area contributed by atoms with Gasteiger partial charge in [0.1, 0.15) is 11.3 Å². The maximum absolute atomic E-state index is 13.2. The number of nitrogen functional groups attached to an aromatic ring is 1.